The highest BCUT2D eigenvalue weighted by atomic mass is 16.2. The molecule has 1 amide bonds. The molecule has 2 aliphatic heterocycles. The normalized spacial score (nSPS) is 21.3. The minimum atomic E-state index is 0.216. The molecule has 2 atom stereocenters. The molecule has 2 rings (SSSR count). The molecule has 3 nitrogen and oxygen atoms in total. The van der Waals surface area contributed by atoms with E-state index in [0.29, 0.717) is 16.7 Å². The van der Waals surface area contributed by atoms with Gasteiger partial charge in [0.05, 0.1) is 0 Å². The Morgan fingerprint density at radius 3 is 2.03 bits per heavy atom. The van der Waals surface area contributed by atoms with Gasteiger partial charge >= 0.3 is 0 Å². The average molecular weight is 449 g/mol. The lowest BCUT2D eigenvalue weighted by molar-refractivity contribution is -0.140. The molecular formula is C29H56N2O. The number of likely N-dealkylation sites (tertiary alicyclic amines) is 2. The summed E-state index contributed by atoms with van der Waals surface area (Å²) >= 11 is 0. The molecule has 188 valence electrons. The number of nitrogens with zero attached hydrogens (tertiary/aromatic N) is 2. The van der Waals surface area contributed by atoms with Crippen molar-refractivity contribution in [3.63, 3.8) is 0 Å². The van der Waals surface area contributed by atoms with Gasteiger partial charge in [-0.3, -0.25) is 4.79 Å². The second-order valence-electron chi connectivity index (χ2n) is 11.9. The van der Waals surface area contributed by atoms with Gasteiger partial charge in [0, 0.05) is 32.1 Å². The van der Waals surface area contributed by atoms with E-state index >= 15 is 0 Å². The van der Waals surface area contributed by atoms with E-state index in [1.807, 2.05) is 0 Å². The van der Waals surface area contributed by atoms with Gasteiger partial charge in [-0.25, -0.2) is 0 Å². The van der Waals surface area contributed by atoms with Crippen molar-refractivity contribution in [3.8, 4) is 0 Å². The first-order valence-corrected chi connectivity index (χ1v) is 14.4. The van der Waals surface area contributed by atoms with Gasteiger partial charge < -0.3 is 9.80 Å². The largest absolute Gasteiger partial charge is 0.342 e. The predicted molar refractivity (Wildman–Crippen MR) is 139 cm³/mol. The highest BCUT2D eigenvalue weighted by Gasteiger charge is 2.45. The first-order chi connectivity index (χ1) is 15.4. The van der Waals surface area contributed by atoms with Crippen LogP contribution in [0.25, 0.3) is 0 Å². The number of piperidine rings is 1. The van der Waals surface area contributed by atoms with Crippen LogP contribution in [0.5, 0.6) is 0 Å². The molecule has 2 unspecified atom stereocenters. The molecule has 1 spiro atoms. The van der Waals surface area contributed by atoms with E-state index in [-0.39, 0.29) is 5.92 Å². The van der Waals surface area contributed by atoms with Crippen LogP contribution in [0, 0.1) is 16.7 Å². The number of rotatable bonds is 16. The van der Waals surface area contributed by atoms with Gasteiger partial charge in [0.2, 0.25) is 5.91 Å². The van der Waals surface area contributed by atoms with E-state index in [1.165, 1.54) is 110 Å². The first-order valence-electron chi connectivity index (χ1n) is 14.4. The number of hydrogen-bond acceptors (Lipinski definition) is 2. The van der Waals surface area contributed by atoms with E-state index in [2.05, 4.69) is 44.4 Å². The minimum Gasteiger partial charge on any atom is -0.342 e. The van der Waals surface area contributed by atoms with Crippen molar-refractivity contribution >= 4 is 5.91 Å². The maximum absolute atomic E-state index is 12.8. The van der Waals surface area contributed by atoms with Gasteiger partial charge in [-0.1, -0.05) is 86.0 Å². The zero-order valence-electron chi connectivity index (χ0n) is 22.5. The Morgan fingerprint density at radius 1 is 0.844 bits per heavy atom. The second kappa shape index (κ2) is 14.0. The summed E-state index contributed by atoms with van der Waals surface area (Å²) in [7, 11) is 0. The number of carbonyl (C=O) groups excluding carboxylic acids is 1. The molecule has 2 saturated heterocycles. The molecule has 2 fully saturated rings. The topological polar surface area (TPSA) is 23.6 Å². The van der Waals surface area contributed by atoms with Gasteiger partial charge in [-0.2, -0.15) is 0 Å². The second-order valence-corrected chi connectivity index (χ2v) is 11.9. The molecule has 3 heteroatoms. The third-order valence-electron chi connectivity index (χ3n) is 8.69. The number of amides is 1. The zero-order valence-corrected chi connectivity index (χ0v) is 22.5. The molecule has 0 aromatic carbocycles. The Morgan fingerprint density at radius 2 is 1.41 bits per heavy atom. The fourth-order valence-corrected chi connectivity index (χ4v) is 6.22. The SMILES string of the molecule is CCCCCC(C)C(=O)N1CCC2(CC1)CN(CCCC(C)(CCCC)CCCCC)C2. The lowest BCUT2D eigenvalue weighted by atomic mass is 9.71. The van der Waals surface area contributed by atoms with Gasteiger partial charge in [0.1, 0.15) is 0 Å². The van der Waals surface area contributed by atoms with Crippen LogP contribution in [0.2, 0.25) is 0 Å². The maximum atomic E-state index is 12.8. The molecule has 2 heterocycles. The smallest absolute Gasteiger partial charge is 0.225 e. The van der Waals surface area contributed by atoms with E-state index in [9.17, 15) is 4.79 Å². The third kappa shape index (κ3) is 8.65. The lowest BCUT2D eigenvalue weighted by Gasteiger charge is -2.54. The van der Waals surface area contributed by atoms with Crippen LogP contribution in [-0.2, 0) is 4.79 Å². The summed E-state index contributed by atoms with van der Waals surface area (Å²) in [6, 6.07) is 0. The van der Waals surface area contributed by atoms with Crippen LogP contribution in [0.3, 0.4) is 0 Å². The van der Waals surface area contributed by atoms with E-state index in [0.717, 1.165) is 19.5 Å². The number of carbonyl (C=O) groups is 1. The molecule has 0 aromatic heterocycles. The Kier molecular flexibility index (Phi) is 12.1. The van der Waals surface area contributed by atoms with Gasteiger partial charge in [0.15, 0.2) is 0 Å². The summed E-state index contributed by atoms with van der Waals surface area (Å²) in [4.78, 5) is 17.7. The number of unbranched alkanes of at least 4 members (excludes halogenated alkanes) is 5. The van der Waals surface area contributed by atoms with Crippen molar-refractivity contribution in [2.24, 2.45) is 16.7 Å². The van der Waals surface area contributed by atoms with Crippen molar-refractivity contribution in [1.29, 1.82) is 0 Å². The Hall–Kier alpha value is -0.570. The Labute approximate surface area is 201 Å². The standard InChI is InChI=1S/C29H56N2O/c1-6-9-12-15-26(4)27(32)31-22-19-29(20-23-31)24-30(25-29)21-14-18-28(5,16-11-8-3)17-13-10-7-2/h26H,6-25H2,1-5H3. The fraction of sp³-hybridized carbons (Fsp3) is 0.966. The zero-order chi connectivity index (χ0) is 23.5. The summed E-state index contributed by atoms with van der Waals surface area (Å²) in [5, 5.41) is 0. The molecule has 32 heavy (non-hydrogen) atoms. The Bertz CT molecular complexity index is 517. The van der Waals surface area contributed by atoms with Crippen LogP contribution >= 0.6 is 0 Å². The van der Waals surface area contributed by atoms with Crippen molar-refractivity contribution in [3.05, 3.63) is 0 Å². The summed E-state index contributed by atoms with van der Waals surface area (Å²) in [5.74, 6) is 0.634. The summed E-state index contributed by atoms with van der Waals surface area (Å²) < 4.78 is 0. The predicted octanol–water partition coefficient (Wildman–Crippen LogP) is 7.68. The van der Waals surface area contributed by atoms with Gasteiger partial charge in [-0.15, -0.1) is 0 Å². The molecule has 0 aromatic rings. The molecule has 0 bridgehead atoms. The number of hydrogen-bond donors (Lipinski definition) is 0. The fourth-order valence-electron chi connectivity index (χ4n) is 6.22. The monoisotopic (exact) mass is 448 g/mol. The average Bonchev–Trinajstić information content (AvgIpc) is 2.77. The molecule has 0 saturated carbocycles. The third-order valence-corrected chi connectivity index (χ3v) is 8.69. The van der Waals surface area contributed by atoms with Crippen molar-refractivity contribution in [1.82, 2.24) is 9.80 Å². The highest BCUT2D eigenvalue weighted by Crippen LogP contribution is 2.42. The van der Waals surface area contributed by atoms with Crippen LogP contribution in [0.1, 0.15) is 131 Å². The summed E-state index contributed by atoms with van der Waals surface area (Å²) in [6.45, 7) is 17.4. The van der Waals surface area contributed by atoms with Gasteiger partial charge in [0.25, 0.3) is 0 Å². The van der Waals surface area contributed by atoms with E-state index in [4.69, 9.17) is 0 Å². The van der Waals surface area contributed by atoms with Crippen LogP contribution in [0.4, 0.5) is 0 Å². The van der Waals surface area contributed by atoms with E-state index < -0.39 is 0 Å². The van der Waals surface area contributed by atoms with Crippen molar-refractivity contribution < 1.29 is 4.79 Å². The maximum Gasteiger partial charge on any atom is 0.225 e. The van der Waals surface area contributed by atoms with E-state index in [1.54, 1.807) is 0 Å². The first kappa shape index (κ1) is 27.7. The minimum absolute atomic E-state index is 0.216. The molecule has 0 aliphatic carbocycles. The van der Waals surface area contributed by atoms with Crippen LogP contribution < -0.4 is 0 Å². The van der Waals surface area contributed by atoms with Crippen LogP contribution in [0.15, 0.2) is 0 Å². The van der Waals surface area contributed by atoms with Crippen molar-refractivity contribution in [2.75, 3.05) is 32.7 Å². The van der Waals surface area contributed by atoms with Crippen molar-refractivity contribution in [2.45, 2.75) is 131 Å². The Balaban J connectivity index is 1.66. The highest BCUT2D eigenvalue weighted by molar-refractivity contribution is 5.78. The molecule has 0 radical (unpaired) electrons. The quantitative estimate of drug-likeness (QED) is 0.226. The molecule has 2 aliphatic rings. The lowest BCUT2D eigenvalue weighted by Crippen LogP contribution is -2.61. The summed E-state index contributed by atoms with van der Waals surface area (Å²) in [6.07, 6.45) is 19.7. The van der Waals surface area contributed by atoms with Crippen LogP contribution in [-0.4, -0.2) is 48.4 Å². The molecular weight excluding hydrogens is 392 g/mol. The molecule has 0 N–H and O–H groups in total. The summed E-state index contributed by atoms with van der Waals surface area (Å²) in [5.41, 5.74) is 1.09. The van der Waals surface area contributed by atoms with Gasteiger partial charge in [-0.05, 0) is 62.3 Å².